The number of carbonyl (C=O) groups is 1. The molecule has 1 unspecified atom stereocenters. The molecule has 4 heteroatoms. The summed E-state index contributed by atoms with van der Waals surface area (Å²) in [5.74, 6) is 0.0578. The second-order valence-electron chi connectivity index (χ2n) is 3.66. The highest BCUT2D eigenvalue weighted by Crippen LogP contribution is 2.36. The van der Waals surface area contributed by atoms with Crippen LogP contribution in [0.2, 0.25) is 0 Å². The molecule has 0 amide bonds. The molecule has 1 N–H and O–H groups in total. The lowest BCUT2D eigenvalue weighted by Crippen LogP contribution is -2.20. The lowest BCUT2D eigenvalue weighted by Gasteiger charge is -2.23. The quantitative estimate of drug-likeness (QED) is 0.850. The Morgan fingerprint density at radius 1 is 1.62 bits per heavy atom. The third kappa shape index (κ3) is 1.96. The van der Waals surface area contributed by atoms with E-state index in [2.05, 4.69) is 0 Å². The minimum Gasteiger partial charge on any atom is -0.494 e. The van der Waals surface area contributed by atoms with Gasteiger partial charge in [-0.15, -0.1) is 0 Å². The topological polar surface area (TPSA) is 55.8 Å². The van der Waals surface area contributed by atoms with Gasteiger partial charge in [0.1, 0.15) is 11.5 Å². The summed E-state index contributed by atoms with van der Waals surface area (Å²) in [6, 6.07) is 5.33. The Kier molecular flexibility index (Phi) is 2.99. The first-order valence-electron chi connectivity index (χ1n) is 5.34. The summed E-state index contributed by atoms with van der Waals surface area (Å²) in [7, 11) is 0. The van der Waals surface area contributed by atoms with Gasteiger partial charge in [-0.2, -0.15) is 0 Å². The predicted molar refractivity (Wildman–Crippen MR) is 58.1 cm³/mol. The summed E-state index contributed by atoms with van der Waals surface area (Å²) in [5, 5.41) is 9.11. The van der Waals surface area contributed by atoms with E-state index in [0.717, 1.165) is 0 Å². The maximum atomic E-state index is 11.1. The zero-order valence-electron chi connectivity index (χ0n) is 9.10. The second kappa shape index (κ2) is 4.43. The van der Waals surface area contributed by atoms with Gasteiger partial charge in [0, 0.05) is 5.56 Å². The normalized spacial score (nSPS) is 18.4. The Labute approximate surface area is 93.8 Å². The third-order valence-corrected chi connectivity index (χ3v) is 2.63. The molecule has 2 rings (SSSR count). The molecule has 1 heterocycles. The SMILES string of the molecule is CCOc1ccc2c(c1)C(C(=O)O)CCO2. The van der Waals surface area contributed by atoms with Crippen LogP contribution in [0.1, 0.15) is 24.8 Å². The van der Waals surface area contributed by atoms with Crippen LogP contribution in [0, 0.1) is 0 Å². The van der Waals surface area contributed by atoms with Gasteiger partial charge in [0.15, 0.2) is 0 Å². The molecule has 86 valence electrons. The predicted octanol–water partition coefficient (Wildman–Crippen LogP) is 2.04. The molecule has 1 atom stereocenters. The van der Waals surface area contributed by atoms with Gasteiger partial charge in [0.2, 0.25) is 0 Å². The van der Waals surface area contributed by atoms with Crippen LogP contribution in [-0.4, -0.2) is 24.3 Å². The molecule has 1 aromatic rings. The molecule has 0 radical (unpaired) electrons. The van der Waals surface area contributed by atoms with Gasteiger partial charge >= 0.3 is 5.97 Å². The van der Waals surface area contributed by atoms with E-state index in [0.29, 0.717) is 36.7 Å². The fraction of sp³-hybridized carbons (Fsp3) is 0.417. The van der Waals surface area contributed by atoms with E-state index in [4.69, 9.17) is 14.6 Å². The maximum absolute atomic E-state index is 11.1. The third-order valence-electron chi connectivity index (χ3n) is 2.63. The zero-order valence-corrected chi connectivity index (χ0v) is 9.10. The second-order valence-corrected chi connectivity index (χ2v) is 3.66. The minimum absolute atomic E-state index is 0.456. The van der Waals surface area contributed by atoms with Crippen LogP contribution in [-0.2, 0) is 4.79 Å². The van der Waals surface area contributed by atoms with E-state index >= 15 is 0 Å². The van der Waals surface area contributed by atoms with Gasteiger partial charge < -0.3 is 14.6 Å². The van der Waals surface area contributed by atoms with Crippen molar-refractivity contribution in [3.8, 4) is 11.5 Å². The van der Waals surface area contributed by atoms with Crippen molar-refractivity contribution in [2.45, 2.75) is 19.3 Å². The average Bonchev–Trinajstić information content (AvgIpc) is 2.28. The van der Waals surface area contributed by atoms with Gasteiger partial charge in [0.25, 0.3) is 0 Å². The average molecular weight is 222 g/mol. The molecule has 16 heavy (non-hydrogen) atoms. The molecule has 0 aromatic heterocycles. The van der Waals surface area contributed by atoms with Crippen LogP contribution >= 0.6 is 0 Å². The van der Waals surface area contributed by atoms with Crippen LogP contribution in [0.25, 0.3) is 0 Å². The highest BCUT2D eigenvalue weighted by atomic mass is 16.5. The van der Waals surface area contributed by atoms with Crippen molar-refractivity contribution in [2.24, 2.45) is 0 Å². The Morgan fingerprint density at radius 3 is 3.12 bits per heavy atom. The van der Waals surface area contributed by atoms with Crippen molar-refractivity contribution in [3.63, 3.8) is 0 Å². The van der Waals surface area contributed by atoms with Crippen molar-refractivity contribution in [2.75, 3.05) is 13.2 Å². The maximum Gasteiger partial charge on any atom is 0.311 e. The molecular formula is C12H14O4. The van der Waals surface area contributed by atoms with Gasteiger partial charge in [-0.25, -0.2) is 0 Å². The van der Waals surface area contributed by atoms with Crippen LogP contribution in [0.3, 0.4) is 0 Å². The molecule has 0 fully saturated rings. The van der Waals surface area contributed by atoms with Crippen LogP contribution in [0.5, 0.6) is 11.5 Å². The first-order chi connectivity index (χ1) is 7.72. The Morgan fingerprint density at radius 2 is 2.44 bits per heavy atom. The summed E-state index contributed by atoms with van der Waals surface area (Å²) in [6.45, 7) is 2.92. The highest BCUT2D eigenvalue weighted by Gasteiger charge is 2.27. The lowest BCUT2D eigenvalue weighted by atomic mass is 9.93. The van der Waals surface area contributed by atoms with Gasteiger partial charge in [0.05, 0.1) is 19.1 Å². The van der Waals surface area contributed by atoms with Crippen molar-refractivity contribution in [3.05, 3.63) is 23.8 Å². The van der Waals surface area contributed by atoms with E-state index < -0.39 is 11.9 Å². The summed E-state index contributed by atoms with van der Waals surface area (Å²) in [6.07, 6.45) is 0.512. The Hall–Kier alpha value is -1.71. The number of carboxylic acid groups (broad SMARTS) is 1. The number of benzene rings is 1. The molecule has 0 spiro atoms. The number of fused-ring (bicyclic) bond motifs is 1. The zero-order chi connectivity index (χ0) is 11.5. The number of rotatable bonds is 3. The summed E-state index contributed by atoms with van der Waals surface area (Å²) in [4.78, 5) is 11.1. The van der Waals surface area contributed by atoms with Crippen LogP contribution < -0.4 is 9.47 Å². The Bertz CT molecular complexity index is 400. The van der Waals surface area contributed by atoms with Gasteiger partial charge in [-0.3, -0.25) is 4.79 Å². The number of carboxylic acids is 1. The molecule has 0 bridgehead atoms. The molecule has 0 saturated heterocycles. The molecule has 1 aromatic carbocycles. The first kappa shape index (κ1) is 10.8. The highest BCUT2D eigenvalue weighted by molar-refractivity contribution is 5.77. The van der Waals surface area contributed by atoms with Crippen molar-refractivity contribution >= 4 is 5.97 Å². The largest absolute Gasteiger partial charge is 0.494 e. The number of ether oxygens (including phenoxy) is 2. The summed E-state index contributed by atoms with van der Waals surface area (Å²) >= 11 is 0. The van der Waals surface area contributed by atoms with Gasteiger partial charge in [-0.1, -0.05) is 0 Å². The number of aliphatic carboxylic acids is 1. The number of hydrogen-bond donors (Lipinski definition) is 1. The minimum atomic E-state index is -0.807. The molecule has 4 nitrogen and oxygen atoms in total. The molecule has 1 aliphatic heterocycles. The molecule has 0 saturated carbocycles. The summed E-state index contributed by atoms with van der Waals surface area (Å²) in [5.41, 5.74) is 0.713. The fourth-order valence-corrected chi connectivity index (χ4v) is 1.89. The van der Waals surface area contributed by atoms with Crippen LogP contribution in [0.15, 0.2) is 18.2 Å². The fourth-order valence-electron chi connectivity index (χ4n) is 1.89. The van der Waals surface area contributed by atoms with Crippen molar-refractivity contribution < 1.29 is 19.4 Å². The monoisotopic (exact) mass is 222 g/mol. The van der Waals surface area contributed by atoms with E-state index in [1.165, 1.54) is 0 Å². The van der Waals surface area contributed by atoms with E-state index in [-0.39, 0.29) is 0 Å². The van der Waals surface area contributed by atoms with E-state index in [1.807, 2.05) is 6.92 Å². The van der Waals surface area contributed by atoms with E-state index in [1.54, 1.807) is 18.2 Å². The van der Waals surface area contributed by atoms with Crippen molar-refractivity contribution in [1.29, 1.82) is 0 Å². The standard InChI is InChI=1S/C12H14O4/c1-2-15-8-3-4-11-10(7-8)9(12(13)14)5-6-16-11/h3-4,7,9H,2,5-6H2,1H3,(H,13,14). The summed E-state index contributed by atoms with van der Waals surface area (Å²) < 4.78 is 10.8. The van der Waals surface area contributed by atoms with Crippen LogP contribution in [0.4, 0.5) is 0 Å². The number of hydrogen-bond acceptors (Lipinski definition) is 3. The van der Waals surface area contributed by atoms with Crippen molar-refractivity contribution in [1.82, 2.24) is 0 Å². The first-order valence-corrected chi connectivity index (χ1v) is 5.34. The molecule has 1 aliphatic rings. The van der Waals surface area contributed by atoms with Gasteiger partial charge in [-0.05, 0) is 31.5 Å². The van der Waals surface area contributed by atoms with E-state index in [9.17, 15) is 4.79 Å². The molecule has 0 aliphatic carbocycles. The lowest BCUT2D eigenvalue weighted by molar-refractivity contribution is -0.139. The molecular weight excluding hydrogens is 208 g/mol. The Balaban J connectivity index is 2.36. The smallest absolute Gasteiger partial charge is 0.311 e.